The highest BCUT2D eigenvalue weighted by Gasteiger charge is 2.19. The van der Waals surface area contributed by atoms with Gasteiger partial charge in [0.15, 0.2) is 0 Å². The summed E-state index contributed by atoms with van der Waals surface area (Å²) in [6.45, 7) is 2.02. The second-order valence-electron chi connectivity index (χ2n) is 6.72. The van der Waals surface area contributed by atoms with Crippen molar-refractivity contribution in [2.75, 3.05) is 0 Å². The molecule has 0 spiro atoms. The van der Waals surface area contributed by atoms with Gasteiger partial charge in [-0.2, -0.15) is 5.10 Å². The molecule has 5 heteroatoms. The summed E-state index contributed by atoms with van der Waals surface area (Å²) in [7, 11) is 1.91. The lowest BCUT2D eigenvalue weighted by atomic mass is 9.91. The van der Waals surface area contributed by atoms with Crippen molar-refractivity contribution in [2.45, 2.75) is 19.3 Å². The highest BCUT2D eigenvalue weighted by Crippen LogP contribution is 2.40. The van der Waals surface area contributed by atoms with Crippen LogP contribution in [0.2, 0.25) is 5.02 Å². The number of hydrogen-bond acceptors (Lipinski definition) is 3. The number of phenols is 2. The van der Waals surface area contributed by atoms with Crippen LogP contribution in [0.3, 0.4) is 0 Å². The molecule has 0 bridgehead atoms. The first-order valence-corrected chi connectivity index (χ1v) is 8.88. The number of fused-ring (bicyclic) bond motifs is 2. The molecule has 1 aromatic heterocycles. The Balaban J connectivity index is 1.78. The van der Waals surface area contributed by atoms with Gasteiger partial charge in [-0.1, -0.05) is 42.8 Å². The molecule has 0 saturated carbocycles. The van der Waals surface area contributed by atoms with Crippen molar-refractivity contribution in [1.82, 2.24) is 9.78 Å². The number of nitrogens with zero attached hydrogens (tertiary/aromatic N) is 2. The van der Waals surface area contributed by atoms with Crippen LogP contribution in [-0.2, 0) is 13.5 Å². The van der Waals surface area contributed by atoms with Gasteiger partial charge in [-0.25, -0.2) is 0 Å². The first-order chi connectivity index (χ1) is 12.5. The van der Waals surface area contributed by atoms with Crippen LogP contribution in [-0.4, -0.2) is 20.0 Å². The molecule has 1 unspecified atom stereocenters. The normalized spacial score (nSPS) is 12.7. The lowest BCUT2D eigenvalue weighted by molar-refractivity contribution is 0.458. The topological polar surface area (TPSA) is 58.3 Å². The molecule has 2 N–H and O–H groups in total. The van der Waals surface area contributed by atoms with Gasteiger partial charge in [0, 0.05) is 33.8 Å². The molecule has 4 nitrogen and oxygen atoms in total. The first kappa shape index (κ1) is 16.7. The summed E-state index contributed by atoms with van der Waals surface area (Å²) in [4.78, 5) is 0. The standard InChI is InChI=1S/C21H19ClN2O2/c1-12(9-18-17-10-13(22)7-8-19(17)24(2)23-18)16-11-20(25)14-5-3-4-6-15(14)21(16)26/h3-8,10-12,25-26H,9H2,1-2H3. The average Bonchev–Trinajstić information content (AvgIpc) is 2.93. The van der Waals surface area contributed by atoms with Crippen molar-refractivity contribution in [3.63, 3.8) is 0 Å². The van der Waals surface area contributed by atoms with Crippen LogP contribution in [0.15, 0.2) is 48.5 Å². The van der Waals surface area contributed by atoms with Gasteiger partial charge >= 0.3 is 0 Å². The Hall–Kier alpha value is -2.72. The smallest absolute Gasteiger partial charge is 0.127 e. The predicted molar refractivity (Wildman–Crippen MR) is 105 cm³/mol. The lowest BCUT2D eigenvalue weighted by Crippen LogP contribution is -2.01. The minimum Gasteiger partial charge on any atom is -0.507 e. The summed E-state index contributed by atoms with van der Waals surface area (Å²) in [6.07, 6.45) is 0.628. The Morgan fingerprint density at radius 1 is 1.04 bits per heavy atom. The van der Waals surface area contributed by atoms with Gasteiger partial charge in [-0.05, 0) is 36.6 Å². The second kappa shape index (κ2) is 6.22. The van der Waals surface area contributed by atoms with Crippen LogP contribution in [0, 0.1) is 0 Å². The fourth-order valence-electron chi connectivity index (χ4n) is 3.60. The Morgan fingerprint density at radius 2 is 1.77 bits per heavy atom. The molecule has 0 radical (unpaired) electrons. The van der Waals surface area contributed by atoms with Crippen molar-refractivity contribution >= 4 is 33.3 Å². The molecule has 4 rings (SSSR count). The Labute approximate surface area is 156 Å². The van der Waals surface area contributed by atoms with E-state index in [1.165, 1.54) is 0 Å². The summed E-state index contributed by atoms with van der Waals surface area (Å²) in [6, 6.07) is 14.7. The summed E-state index contributed by atoms with van der Waals surface area (Å²) < 4.78 is 1.84. The molecule has 0 fully saturated rings. The Morgan fingerprint density at radius 3 is 2.54 bits per heavy atom. The number of hydrogen-bond donors (Lipinski definition) is 2. The van der Waals surface area contributed by atoms with Gasteiger partial charge in [0.1, 0.15) is 11.5 Å². The monoisotopic (exact) mass is 366 g/mol. The molecule has 0 amide bonds. The molecule has 0 aliphatic heterocycles. The van der Waals surface area contributed by atoms with E-state index in [9.17, 15) is 10.2 Å². The third kappa shape index (κ3) is 2.67. The average molecular weight is 367 g/mol. The minimum absolute atomic E-state index is 0.0254. The van der Waals surface area contributed by atoms with E-state index in [4.69, 9.17) is 11.6 Å². The predicted octanol–water partition coefficient (Wildman–Crippen LogP) is 5.14. The van der Waals surface area contributed by atoms with Gasteiger partial charge in [0.25, 0.3) is 0 Å². The van der Waals surface area contributed by atoms with Crippen molar-refractivity contribution < 1.29 is 10.2 Å². The van der Waals surface area contributed by atoms with E-state index in [2.05, 4.69) is 5.10 Å². The van der Waals surface area contributed by atoms with Gasteiger partial charge in [0.05, 0.1) is 11.2 Å². The van der Waals surface area contributed by atoms with Crippen LogP contribution < -0.4 is 0 Å². The molecule has 1 atom stereocenters. The number of rotatable bonds is 3. The zero-order valence-electron chi connectivity index (χ0n) is 14.6. The van der Waals surface area contributed by atoms with Crippen LogP contribution in [0.1, 0.15) is 24.1 Å². The number of aryl methyl sites for hydroxylation is 1. The van der Waals surface area contributed by atoms with Crippen LogP contribution in [0.5, 0.6) is 11.5 Å². The fourth-order valence-corrected chi connectivity index (χ4v) is 3.77. The van der Waals surface area contributed by atoms with E-state index in [0.29, 0.717) is 27.8 Å². The summed E-state index contributed by atoms with van der Waals surface area (Å²) >= 11 is 6.15. The first-order valence-electron chi connectivity index (χ1n) is 8.50. The Bertz CT molecular complexity index is 1130. The van der Waals surface area contributed by atoms with Crippen molar-refractivity contribution in [3.05, 3.63) is 64.8 Å². The van der Waals surface area contributed by atoms with Crippen LogP contribution >= 0.6 is 11.6 Å². The summed E-state index contributed by atoms with van der Waals surface area (Å²) in [5, 5.41) is 28.7. The maximum atomic E-state index is 10.7. The van der Waals surface area contributed by atoms with Crippen molar-refractivity contribution in [2.24, 2.45) is 7.05 Å². The van der Waals surface area contributed by atoms with E-state index < -0.39 is 0 Å². The highest BCUT2D eigenvalue weighted by atomic mass is 35.5. The van der Waals surface area contributed by atoms with E-state index >= 15 is 0 Å². The van der Waals surface area contributed by atoms with E-state index in [-0.39, 0.29) is 17.4 Å². The van der Waals surface area contributed by atoms with Gasteiger partial charge in [-0.3, -0.25) is 4.68 Å². The van der Waals surface area contributed by atoms with E-state index in [1.54, 1.807) is 12.1 Å². The zero-order valence-corrected chi connectivity index (χ0v) is 15.3. The molecule has 26 heavy (non-hydrogen) atoms. The van der Waals surface area contributed by atoms with Crippen molar-refractivity contribution in [3.8, 4) is 11.5 Å². The fraction of sp³-hybridized carbons (Fsp3) is 0.190. The molecular weight excluding hydrogens is 348 g/mol. The third-order valence-electron chi connectivity index (χ3n) is 4.94. The largest absolute Gasteiger partial charge is 0.507 e. The SMILES string of the molecule is CC(Cc1nn(C)c2ccc(Cl)cc12)c1cc(O)c2ccccc2c1O. The van der Waals surface area contributed by atoms with Crippen LogP contribution in [0.4, 0.5) is 0 Å². The number of halogens is 1. The molecule has 0 saturated heterocycles. The molecule has 0 aliphatic rings. The highest BCUT2D eigenvalue weighted by molar-refractivity contribution is 6.31. The maximum absolute atomic E-state index is 10.7. The van der Waals surface area contributed by atoms with E-state index in [1.807, 2.05) is 55.1 Å². The molecule has 3 aromatic carbocycles. The number of aromatic nitrogens is 2. The third-order valence-corrected chi connectivity index (χ3v) is 5.18. The second-order valence-corrected chi connectivity index (χ2v) is 7.15. The zero-order chi connectivity index (χ0) is 18.4. The number of aromatic hydroxyl groups is 2. The lowest BCUT2D eigenvalue weighted by Gasteiger charge is -2.15. The molecule has 1 heterocycles. The van der Waals surface area contributed by atoms with Gasteiger partial charge in [-0.15, -0.1) is 0 Å². The summed E-state index contributed by atoms with van der Waals surface area (Å²) in [5.74, 6) is 0.362. The van der Waals surface area contributed by atoms with Crippen LogP contribution in [0.25, 0.3) is 21.7 Å². The minimum atomic E-state index is -0.0254. The number of phenolic OH excluding ortho intramolecular Hbond substituents is 2. The van der Waals surface area contributed by atoms with Crippen molar-refractivity contribution in [1.29, 1.82) is 0 Å². The summed E-state index contributed by atoms with van der Waals surface area (Å²) in [5.41, 5.74) is 2.65. The van der Waals surface area contributed by atoms with Gasteiger partial charge in [0.2, 0.25) is 0 Å². The Kier molecular flexibility index (Phi) is 4.00. The molecular formula is C21H19ClN2O2. The molecule has 132 valence electrons. The van der Waals surface area contributed by atoms with Gasteiger partial charge < -0.3 is 10.2 Å². The molecule has 0 aliphatic carbocycles. The molecule has 4 aromatic rings. The number of benzene rings is 3. The quantitative estimate of drug-likeness (QED) is 0.494. The van der Waals surface area contributed by atoms with E-state index in [0.717, 1.165) is 16.6 Å². The maximum Gasteiger partial charge on any atom is 0.127 e.